The lowest BCUT2D eigenvalue weighted by molar-refractivity contribution is -0.138. The zero-order chi connectivity index (χ0) is 21.6. The van der Waals surface area contributed by atoms with E-state index < -0.39 is 11.7 Å². The zero-order valence-electron chi connectivity index (χ0n) is 18.8. The van der Waals surface area contributed by atoms with Gasteiger partial charge in [-0.05, 0) is 72.8 Å². The Balaban J connectivity index is 2.06. The molecule has 1 unspecified atom stereocenters. The van der Waals surface area contributed by atoms with Gasteiger partial charge in [0.15, 0.2) is 5.78 Å². The van der Waals surface area contributed by atoms with Crippen molar-refractivity contribution in [3.05, 3.63) is 34.1 Å². The maximum atomic E-state index is 12.8. The lowest BCUT2D eigenvalue weighted by atomic mass is 9.88. The lowest BCUT2D eigenvalue weighted by Crippen LogP contribution is -2.27. The first kappa shape index (κ1) is 21.2. The van der Waals surface area contributed by atoms with E-state index in [0.29, 0.717) is 0 Å². The minimum absolute atomic E-state index is 0.00223. The molecular weight excluding hydrogens is 394 g/mol. The van der Waals surface area contributed by atoms with Gasteiger partial charge in [-0.2, -0.15) is 5.10 Å². The Morgan fingerprint density at radius 2 is 2.03 bits per heavy atom. The second-order valence-electron chi connectivity index (χ2n) is 9.18. The molecule has 1 aliphatic carbocycles. The minimum Gasteiger partial charge on any atom is -0.360 e. The molecule has 1 atom stereocenters. The molecule has 3 heterocycles. The van der Waals surface area contributed by atoms with Crippen LogP contribution < -0.4 is 0 Å². The average molecular weight is 426 g/mol. The predicted octanol–water partition coefficient (Wildman–Crippen LogP) is 5.81. The van der Waals surface area contributed by atoms with Crippen molar-refractivity contribution >= 4 is 27.3 Å². The van der Waals surface area contributed by atoms with E-state index >= 15 is 0 Å². The maximum Gasteiger partial charge on any atom is 0.163 e. The standard InChI is InChI=1S/C24H31N3O2S/c1-7-27-13-16(12-25-27)20-19(22(15(3)28)29-24(4,5)6)14(2)26-23-21(20)17-10-8-9-11-18(17)30-23/h12-13,22H,7-11H2,1-6H3. The molecule has 0 amide bonds. The Labute approximate surface area is 182 Å². The summed E-state index contributed by atoms with van der Waals surface area (Å²) in [4.78, 5) is 20.3. The molecule has 0 spiro atoms. The Morgan fingerprint density at radius 1 is 1.30 bits per heavy atom. The highest BCUT2D eigenvalue weighted by Gasteiger charge is 2.32. The van der Waals surface area contributed by atoms with E-state index in [9.17, 15) is 4.79 Å². The molecule has 30 heavy (non-hydrogen) atoms. The van der Waals surface area contributed by atoms with Crippen LogP contribution in [-0.4, -0.2) is 26.1 Å². The molecule has 0 saturated heterocycles. The Bertz CT molecular complexity index is 1100. The summed E-state index contributed by atoms with van der Waals surface area (Å²) < 4.78 is 8.26. The van der Waals surface area contributed by atoms with Crippen molar-refractivity contribution in [3.63, 3.8) is 0 Å². The normalized spacial score (nSPS) is 15.4. The van der Waals surface area contributed by atoms with Gasteiger partial charge >= 0.3 is 0 Å². The number of carbonyl (C=O) groups excluding carboxylic acids is 1. The highest BCUT2D eigenvalue weighted by molar-refractivity contribution is 7.19. The van der Waals surface area contributed by atoms with Gasteiger partial charge in [-0.15, -0.1) is 11.3 Å². The van der Waals surface area contributed by atoms with Crippen LogP contribution in [0.1, 0.15) is 75.3 Å². The van der Waals surface area contributed by atoms with Gasteiger partial charge in [0.05, 0.1) is 11.8 Å². The first-order valence-corrected chi connectivity index (χ1v) is 11.7. The third-order valence-corrected chi connectivity index (χ3v) is 6.87. The monoisotopic (exact) mass is 425 g/mol. The van der Waals surface area contributed by atoms with Crippen molar-refractivity contribution in [2.24, 2.45) is 0 Å². The molecule has 0 fully saturated rings. The predicted molar refractivity (Wildman–Crippen MR) is 122 cm³/mol. The van der Waals surface area contributed by atoms with Crippen LogP contribution in [0, 0.1) is 6.92 Å². The van der Waals surface area contributed by atoms with Gasteiger partial charge in [0.25, 0.3) is 0 Å². The number of nitrogens with zero attached hydrogens (tertiary/aromatic N) is 3. The lowest BCUT2D eigenvalue weighted by Gasteiger charge is -2.28. The Kier molecular flexibility index (Phi) is 5.58. The van der Waals surface area contributed by atoms with Crippen molar-refractivity contribution in [1.29, 1.82) is 0 Å². The fourth-order valence-electron chi connectivity index (χ4n) is 4.40. The number of aryl methyl sites for hydroxylation is 4. The number of hydrogen-bond acceptors (Lipinski definition) is 5. The Morgan fingerprint density at radius 3 is 2.67 bits per heavy atom. The molecule has 0 N–H and O–H groups in total. The molecule has 0 aromatic carbocycles. The van der Waals surface area contributed by atoms with Crippen LogP contribution in [0.25, 0.3) is 21.3 Å². The fraction of sp³-hybridized carbons (Fsp3) is 0.542. The third kappa shape index (κ3) is 3.83. The van der Waals surface area contributed by atoms with Crippen LogP contribution in [0.4, 0.5) is 0 Å². The van der Waals surface area contributed by atoms with Crippen LogP contribution in [0.15, 0.2) is 12.4 Å². The minimum atomic E-state index is -0.652. The van der Waals surface area contributed by atoms with E-state index in [1.165, 1.54) is 28.7 Å². The first-order chi connectivity index (χ1) is 14.2. The van der Waals surface area contributed by atoms with Gasteiger partial charge in [0.2, 0.25) is 0 Å². The highest BCUT2D eigenvalue weighted by atomic mass is 32.1. The Hall–Kier alpha value is -2.05. The summed E-state index contributed by atoms with van der Waals surface area (Å²) in [6.45, 7) is 12.5. The molecule has 3 aromatic heterocycles. The second-order valence-corrected chi connectivity index (χ2v) is 10.3. The van der Waals surface area contributed by atoms with Gasteiger partial charge in [0, 0.05) is 45.4 Å². The van der Waals surface area contributed by atoms with E-state index in [2.05, 4.69) is 18.2 Å². The number of Topliss-reactive ketones (excluding diaryl/α,β-unsaturated/α-hetero) is 1. The summed E-state index contributed by atoms with van der Waals surface area (Å²) in [5.41, 5.74) is 4.85. The molecular formula is C24H31N3O2S. The SMILES string of the molecule is CCn1cc(-c2c(C(OC(C)(C)C)C(C)=O)c(C)nc3sc4c(c23)CCCC4)cn1. The number of rotatable bonds is 5. The van der Waals surface area contributed by atoms with E-state index in [4.69, 9.17) is 9.72 Å². The van der Waals surface area contributed by atoms with Gasteiger partial charge in [-0.3, -0.25) is 9.48 Å². The van der Waals surface area contributed by atoms with Crippen LogP contribution in [0.5, 0.6) is 0 Å². The third-order valence-electron chi connectivity index (χ3n) is 5.68. The van der Waals surface area contributed by atoms with E-state index in [1.807, 2.05) is 49.9 Å². The van der Waals surface area contributed by atoms with Gasteiger partial charge < -0.3 is 4.74 Å². The highest BCUT2D eigenvalue weighted by Crippen LogP contribution is 2.45. The maximum absolute atomic E-state index is 12.8. The van der Waals surface area contributed by atoms with Crippen molar-refractivity contribution in [3.8, 4) is 11.1 Å². The second kappa shape index (κ2) is 7.89. The molecule has 6 heteroatoms. The summed E-state index contributed by atoms with van der Waals surface area (Å²) >= 11 is 1.81. The average Bonchev–Trinajstić information content (AvgIpc) is 3.28. The smallest absolute Gasteiger partial charge is 0.163 e. The molecule has 0 aliphatic heterocycles. The van der Waals surface area contributed by atoms with Crippen LogP contribution in [0.3, 0.4) is 0 Å². The largest absolute Gasteiger partial charge is 0.360 e. The van der Waals surface area contributed by atoms with Crippen LogP contribution >= 0.6 is 11.3 Å². The molecule has 1 aliphatic rings. The van der Waals surface area contributed by atoms with E-state index in [0.717, 1.165) is 46.6 Å². The molecule has 4 rings (SSSR count). The van der Waals surface area contributed by atoms with E-state index in [1.54, 1.807) is 6.92 Å². The molecule has 160 valence electrons. The number of thiophene rings is 1. The molecule has 3 aromatic rings. The molecule has 0 radical (unpaired) electrons. The molecule has 0 saturated carbocycles. The van der Waals surface area contributed by atoms with Crippen molar-refractivity contribution in [2.45, 2.75) is 85.5 Å². The van der Waals surface area contributed by atoms with Gasteiger partial charge in [-0.25, -0.2) is 4.98 Å². The summed E-state index contributed by atoms with van der Waals surface area (Å²) in [5, 5.41) is 5.74. The summed E-state index contributed by atoms with van der Waals surface area (Å²) in [7, 11) is 0. The summed E-state index contributed by atoms with van der Waals surface area (Å²) in [5.74, 6) is 0.00223. The summed E-state index contributed by atoms with van der Waals surface area (Å²) in [6, 6.07) is 0. The fourth-order valence-corrected chi connectivity index (χ4v) is 5.72. The number of carbonyl (C=O) groups is 1. The zero-order valence-corrected chi connectivity index (χ0v) is 19.7. The van der Waals surface area contributed by atoms with Crippen molar-refractivity contribution in [2.75, 3.05) is 0 Å². The quantitative estimate of drug-likeness (QED) is 0.517. The van der Waals surface area contributed by atoms with Crippen molar-refractivity contribution in [1.82, 2.24) is 14.8 Å². The van der Waals surface area contributed by atoms with Crippen molar-refractivity contribution < 1.29 is 9.53 Å². The number of fused-ring (bicyclic) bond motifs is 3. The number of ether oxygens (including phenoxy) is 1. The number of hydrogen-bond donors (Lipinski definition) is 0. The van der Waals surface area contributed by atoms with Crippen LogP contribution in [-0.2, 0) is 28.9 Å². The number of pyridine rings is 1. The van der Waals surface area contributed by atoms with E-state index in [-0.39, 0.29) is 5.78 Å². The summed E-state index contributed by atoms with van der Waals surface area (Å²) in [6.07, 6.45) is 7.97. The van der Waals surface area contributed by atoms with Crippen LogP contribution in [0.2, 0.25) is 0 Å². The topological polar surface area (TPSA) is 57.0 Å². The van der Waals surface area contributed by atoms with Gasteiger partial charge in [0.1, 0.15) is 10.9 Å². The first-order valence-electron chi connectivity index (χ1n) is 10.9. The number of ketones is 1. The number of aromatic nitrogens is 3. The molecule has 5 nitrogen and oxygen atoms in total. The molecule has 0 bridgehead atoms. The van der Waals surface area contributed by atoms with Gasteiger partial charge in [-0.1, -0.05) is 0 Å².